The van der Waals surface area contributed by atoms with Crippen molar-refractivity contribution >= 4 is 32.6 Å². The second-order valence-corrected chi connectivity index (χ2v) is 6.36. The third kappa shape index (κ3) is 2.93. The molecule has 4 rings (SSSR count). The van der Waals surface area contributed by atoms with E-state index in [9.17, 15) is 18.0 Å². The molecular weight excluding hydrogens is 365 g/mol. The van der Waals surface area contributed by atoms with Gasteiger partial charge in [0.05, 0.1) is 22.7 Å². The second-order valence-electron chi connectivity index (χ2n) is 5.33. The van der Waals surface area contributed by atoms with E-state index in [1.54, 1.807) is 0 Å². The molecule has 4 aromatic rings. The summed E-state index contributed by atoms with van der Waals surface area (Å²) in [5.41, 5.74) is 1.01. The summed E-state index contributed by atoms with van der Waals surface area (Å²) < 4.78 is 41.5. The highest BCUT2D eigenvalue weighted by Crippen LogP contribution is 2.28. The van der Waals surface area contributed by atoms with E-state index in [0.717, 1.165) is 23.5 Å². The van der Waals surface area contributed by atoms with Crippen LogP contribution in [0, 0.1) is 17.5 Å². The van der Waals surface area contributed by atoms with Crippen molar-refractivity contribution in [3.63, 3.8) is 0 Å². The van der Waals surface area contributed by atoms with E-state index in [4.69, 9.17) is 0 Å². The van der Waals surface area contributed by atoms with E-state index in [-0.39, 0.29) is 16.3 Å². The van der Waals surface area contributed by atoms with Crippen LogP contribution in [0.3, 0.4) is 0 Å². The maximum absolute atomic E-state index is 13.3. The normalized spacial score (nSPS) is 11.0. The molecular formula is C17H9F3N4OS. The molecule has 2 aromatic carbocycles. The van der Waals surface area contributed by atoms with E-state index >= 15 is 0 Å². The first-order valence-corrected chi connectivity index (χ1v) is 8.18. The van der Waals surface area contributed by atoms with Crippen molar-refractivity contribution in [3.8, 4) is 5.69 Å². The van der Waals surface area contributed by atoms with Crippen molar-refractivity contribution < 1.29 is 18.0 Å². The maximum atomic E-state index is 13.3. The van der Waals surface area contributed by atoms with Gasteiger partial charge >= 0.3 is 0 Å². The largest absolute Gasteiger partial charge is 0.296 e. The molecule has 9 heteroatoms. The van der Waals surface area contributed by atoms with Crippen molar-refractivity contribution in [1.29, 1.82) is 0 Å². The first kappa shape index (κ1) is 16.3. The summed E-state index contributed by atoms with van der Waals surface area (Å²) in [5.74, 6) is -2.89. The smallest absolute Gasteiger partial charge is 0.276 e. The Morgan fingerprint density at radius 3 is 2.58 bits per heavy atom. The zero-order valence-electron chi connectivity index (χ0n) is 12.9. The summed E-state index contributed by atoms with van der Waals surface area (Å²) in [4.78, 5) is 20.5. The van der Waals surface area contributed by atoms with Crippen LogP contribution in [0.2, 0.25) is 0 Å². The average molecular weight is 374 g/mol. The monoisotopic (exact) mass is 374 g/mol. The number of halogens is 3. The maximum Gasteiger partial charge on any atom is 0.276 e. The molecule has 0 atom stereocenters. The van der Waals surface area contributed by atoms with Gasteiger partial charge in [-0.1, -0.05) is 11.3 Å². The molecule has 26 heavy (non-hydrogen) atoms. The topological polar surface area (TPSA) is 59.8 Å². The Balaban J connectivity index is 1.63. The van der Waals surface area contributed by atoms with Gasteiger partial charge in [-0.2, -0.15) is 0 Å². The van der Waals surface area contributed by atoms with Gasteiger partial charge in [-0.25, -0.2) is 23.1 Å². The third-order valence-corrected chi connectivity index (χ3v) is 4.56. The minimum absolute atomic E-state index is 0.196. The number of carbonyl (C=O) groups is 1. The van der Waals surface area contributed by atoms with E-state index in [1.165, 1.54) is 41.4 Å². The lowest BCUT2D eigenvalue weighted by atomic mass is 10.3. The number of fused-ring (bicyclic) bond motifs is 1. The van der Waals surface area contributed by atoms with Gasteiger partial charge in [-0.05, 0) is 30.3 Å². The number of carbonyl (C=O) groups excluding carboxylic acids is 1. The minimum atomic E-state index is -1.00. The van der Waals surface area contributed by atoms with Gasteiger partial charge in [0.25, 0.3) is 5.91 Å². The Hall–Kier alpha value is -3.20. The minimum Gasteiger partial charge on any atom is -0.296 e. The highest BCUT2D eigenvalue weighted by molar-refractivity contribution is 7.22. The van der Waals surface area contributed by atoms with Crippen LogP contribution in [0.25, 0.3) is 15.9 Å². The number of imidazole rings is 1. The SMILES string of the molecule is O=C(Nc1nc2cc(F)c(F)cc2s1)c1cncn1-c1ccc(F)cc1. The van der Waals surface area contributed by atoms with E-state index in [0.29, 0.717) is 10.4 Å². The van der Waals surface area contributed by atoms with Gasteiger partial charge in [0, 0.05) is 11.8 Å². The zero-order chi connectivity index (χ0) is 18.3. The number of hydrogen-bond donors (Lipinski definition) is 1. The zero-order valence-corrected chi connectivity index (χ0v) is 13.7. The first-order valence-electron chi connectivity index (χ1n) is 7.36. The van der Waals surface area contributed by atoms with Gasteiger partial charge in [-0.3, -0.25) is 14.7 Å². The van der Waals surface area contributed by atoms with Gasteiger partial charge in [0.1, 0.15) is 11.5 Å². The summed E-state index contributed by atoms with van der Waals surface area (Å²) >= 11 is 1.02. The Morgan fingerprint density at radius 2 is 1.81 bits per heavy atom. The second kappa shape index (κ2) is 6.26. The van der Waals surface area contributed by atoms with Crippen LogP contribution < -0.4 is 5.32 Å². The van der Waals surface area contributed by atoms with Gasteiger partial charge in [0.2, 0.25) is 0 Å². The number of hydrogen-bond acceptors (Lipinski definition) is 4. The van der Waals surface area contributed by atoms with E-state index < -0.39 is 23.4 Å². The molecule has 0 bridgehead atoms. The molecule has 0 unspecified atom stereocenters. The summed E-state index contributed by atoms with van der Waals surface area (Å²) in [6, 6.07) is 7.57. The molecule has 0 saturated heterocycles. The third-order valence-electron chi connectivity index (χ3n) is 3.63. The van der Waals surface area contributed by atoms with Crippen molar-refractivity contribution in [2.45, 2.75) is 0 Å². The summed E-state index contributed by atoms with van der Waals surface area (Å²) in [7, 11) is 0. The molecule has 2 heterocycles. The molecule has 0 aliphatic heterocycles. The number of anilines is 1. The van der Waals surface area contributed by atoms with Gasteiger partial charge < -0.3 is 0 Å². The van der Waals surface area contributed by atoms with Crippen LogP contribution in [-0.2, 0) is 0 Å². The highest BCUT2D eigenvalue weighted by Gasteiger charge is 2.16. The number of amides is 1. The van der Waals surface area contributed by atoms with Crippen molar-refractivity contribution in [2.75, 3.05) is 5.32 Å². The average Bonchev–Trinajstić information content (AvgIpc) is 3.23. The van der Waals surface area contributed by atoms with Crippen LogP contribution in [0.15, 0.2) is 48.9 Å². The van der Waals surface area contributed by atoms with Crippen LogP contribution in [-0.4, -0.2) is 20.4 Å². The Bertz CT molecular complexity index is 1080. The van der Waals surface area contributed by atoms with Gasteiger partial charge in [-0.15, -0.1) is 0 Å². The first-order chi connectivity index (χ1) is 12.5. The molecule has 130 valence electrons. The Labute approximate surface area is 148 Å². The molecule has 5 nitrogen and oxygen atoms in total. The number of nitrogens with zero attached hydrogens (tertiary/aromatic N) is 3. The molecule has 0 aliphatic carbocycles. The number of aromatic nitrogens is 3. The Kier molecular flexibility index (Phi) is 3.92. The quantitative estimate of drug-likeness (QED) is 0.586. The Morgan fingerprint density at radius 1 is 1.08 bits per heavy atom. The molecule has 0 aliphatic rings. The molecule has 2 aromatic heterocycles. The lowest BCUT2D eigenvalue weighted by molar-refractivity contribution is 0.102. The summed E-state index contributed by atoms with van der Waals surface area (Å²) in [6.07, 6.45) is 2.77. The van der Waals surface area contributed by atoms with Crippen molar-refractivity contribution in [3.05, 3.63) is 72.1 Å². The molecule has 1 amide bonds. The van der Waals surface area contributed by atoms with Crippen LogP contribution in [0.4, 0.5) is 18.3 Å². The summed E-state index contributed by atoms with van der Waals surface area (Å²) in [5, 5.41) is 2.78. The standard InChI is InChI=1S/C17H9F3N4OS/c18-9-1-3-10(4-2-9)24-8-21-7-14(24)16(25)23-17-22-13-5-11(19)12(20)6-15(13)26-17/h1-8H,(H,22,23,25). The van der Waals surface area contributed by atoms with Gasteiger partial charge in [0.15, 0.2) is 16.8 Å². The molecule has 0 spiro atoms. The molecule has 0 radical (unpaired) electrons. The van der Waals surface area contributed by atoms with Crippen LogP contribution in [0.5, 0.6) is 0 Å². The van der Waals surface area contributed by atoms with Crippen molar-refractivity contribution in [2.24, 2.45) is 0 Å². The number of nitrogens with one attached hydrogen (secondary N) is 1. The number of rotatable bonds is 3. The predicted octanol–water partition coefficient (Wildman–Crippen LogP) is 4.15. The van der Waals surface area contributed by atoms with Crippen LogP contribution >= 0.6 is 11.3 Å². The lowest BCUT2D eigenvalue weighted by Crippen LogP contribution is -2.15. The molecule has 1 N–H and O–H groups in total. The van der Waals surface area contributed by atoms with E-state index in [1.807, 2.05) is 0 Å². The predicted molar refractivity (Wildman–Crippen MR) is 91.0 cm³/mol. The number of benzene rings is 2. The van der Waals surface area contributed by atoms with Crippen LogP contribution in [0.1, 0.15) is 10.5 Å². The highest BCUT2D eigenvalue weighted by atomic mass is 32.1. The van der Waals surface area contributed by atoms with Crippen molar-refractivity contribution in [1.82, 2.24) is 14.5 Å². The number of thiazole rings is 1. The lowest BCUT2D eigenvalue weighted by Gasteiger charge is -2.07. The fraction of sp³-hybridized carbons (Fsp3) is 0. The fourth-order valence-corrected chi connectivity index (χ4v) is 3.28. The molecule has 0 saturated carbocycles. The van der Waals surface area contributed by atoms with E-state index in [2.05, 4.69) is 15.3 Å². The summed E-state index contributed by atoms with van der Waals surface area (Å²) in [6.45, 7) is 0. The fourth-order valence-electron chi connectivity index (χ4n) is 2.41. The molecule has 0 fully saturated rings.